The first-order chi connectivity index (χ1) is 14.6. The molecule has 172 valence electrons. The standard InChI is InChI=1S/C23H37N5O3/c1-7-24-21(25-13-16(2)15-28(6)22(30)31-23(3,4)5)26-14-17-12-20(29)27-19-11-9-8-10-18(17)19/h8-11,16-17H,7,12-15H2,1-6H3,(H,27,29)(H2,24,25,26). The predicted octanol–water partition coefficient (Wildman–Crippen LogP) is 3.17. The quantitative estimate of drug-likeness (QED) is 0.455. The number of amides is 2. The Balaban J connectivity index is 1.92. The van der Waals surface area contributed by atoms with Gasteiger partial charge in [0.05, 0.1) is 0 Å². The van der Waals surface area contributed by atoms with Crippen LogP contribution in [-0.4, -0.2) is 61.7 Å². The number of para-hydroxylation sites is 1. The van der Waals surface area contributed by atoms with Gasteiger partial charge in [0.2, 0.25) is 5.91 Å². The molecule has 8 nitrogen and oxygen atoms in total. The Labute approximate surface area is 185 Å². The Bertz CT molecular complexity index is 788. The van der Waals surface area contributed by atoms with Gasteiger partial charge in [-0.2, -0.15) is 0 Å². The smallest absolute Gasteiger partial charge is 0.410 e. The Kier molecular flexibility index (Phi) is 8.71. The minimum Gasteiger partial charge on any atom is -0.444 e. The fraction of sp³-hybridized carbons (Fsp3) is 0.609. The molecule has 0 radical (unpaired) electrons. The molecule has 0 aliphatic carbocycles. The number of carbonyl (C=O) groups is 2. The van der Waals surface area contributed by atoms with Gasteiger partial charge in [-0.3, -0.25) is 9.79 Å². The zero-order valence-corrected chi connectivity index (χ0v) is 19.6. The number of fused-ring (bicyclic) bond motifs is 1. The van der Waals surface area contributed by atoms with Crippen molar-refractivity contribution in [1.29, 1.82) is 0 Å². The number of nitrogens with one attached hydrogen (secondary N) is 3. The van der Waals surface area contributed by atoms with Gasteiger partial charge in [0.1, 0.15) is 5.60 Å². The number of guanidine groups is 1. The molecule has 2 amide bonds. The summed E-state index contributed by atoms with van der Waals surface area (Å²) in [6.07, 6.45) is 0.114. The zero-order chi connectivity index (χ0) is 23.0. The summed E-state index contributed by atoms with van der Waals surface area (Å²) < 4.78 is 5.40. The van der Waals surface area contributed by atoms with E-state index in [0.29, 0.717) is 32.0 Å². The molecule has 2 unspecified atom stereocenters. The molecule has 0 aromatic heterocycles. The molecule has 1 aromatic carbocycles. The monoisotopic (exact) mass is 431 g/mol. The highest BCUT2D eigenvalue weighted by Crippen LogP contribution is 2.31. The molecule has 0 fully saturated rings. The van der Waals surface area contributed by atoms with Crippen molar-refractivity contribution in [3.8, 4) is 0 Å². The maximum atomic E-state index is 12.2. The second-order valence-corrected chi connectivity index (χ2v) is 9.10. The molecule has 1 heterocycles. The van der Waals surface area contributed by atoms with Crippen molar-refractivity contribution in [3.05, 3.63) is 29.8 Å². The molecule has 1 aromatic rings. The Morgan fingerprint density at radius 3 is 2.71 bits per heavy atom. The fourth-order valence-corrected chi connectivity index (χ4v) is 3.43. The first kappa shape index (κ1) is 24.5. The number of ether oxygens (including phenoxy) is 1. The van der Waals surface area contributed by atoms with Gasteiger partial charge in [0, 0.05) is 51.3 Å². The number of benzene rings is 1. The van der Waals surface area contributed by atoms with Gasteiger partial charge < -0.3 is 25.6 Å². The molecule has 0 bridgehead atoms. The van der Waals surface area contributed by atoms with Gasteiger partial charge in [-0.15, -0.1) is 0 Å². The van der Waals surface area contributed by atoms with E-state index in [4.69, 9.17) is 4.74 Å². The molecular weight excluding hydrogens is 394 g/mol. The third-order valence-corrected chi connectivity index (χ3v) is 4.82. The van der Waals surface area contributed by atoms with Crippen molar-refractivity contribution >= 4 is 23.6 Å². The lowest BCUT2D eigenvalue weighted by Crippen LogP contribution is -2.41. The Morgan fingerprint density at radius 2 is 2.03 bits per heavy atom. The maximum absolute atomic E-state index is 12.2. The summed E-state index contributed by atoms with van der Waals surface area (Å²) in [5, 5.41) is 9.55. The normalized spacial score (nSPS) is 17.3. The molecule has 0 saturated heterocycles. The minimum atomic E-state index is -0.510. The van der Waals surface area contributed by atoms with E-state index < -0.39 is 5.60 Å². The van der Waals surface area contributed by atoms with Crippen molar-refractivity contribution in [3.63, 3.8) is 0 Å². The van der Waals surface area contributed by atoms with Crippen LogP contribution in [0, 0.1) is 5.92 Å². The maximum Gasteiger partial charge on any atom is 0.410 e. The number of rotatable bonds is 7. The van der Waals surface area contributed by atoms with Crippen LogP contribution in [0.4, 0.5) is 10.5 Å². The minimum absolute atomic E-state index is 0.0336. The molecule has 2 rings (SSSR count). The van der Waals surface area contributed by atoms with Crippen LogP contribution in [0.1, 0.15) is 52.5 Å². The first-order valence-corrected chi connectivity index (χ1v) is 10.9. The van der Waals surface area contributed by atoms with Gasteiger partial charge in [0.25, 0.3) is 0 Å². The van der Waals surface area contributed by atoms with Gasteiger partial charge in [-0.05, 0) is 45.2 Å². The molecule has 0 saturated carbocycles. The van der Waals surface area contributed by atoms with E-state index in [9.17, 15) is 9.59 Å². The summed E-state index contributed by atoms with van der Waals surface area (Å²) in [5.74, 6) is 0.989. The van der Waals surface area contributed by atoms with Crippen molar-refractivity contribution in [1.82, 2.24) is 15.5 Å². The Hall–Kier alpha value is -2.77. The van der Waals surface area contributed by atoms with E-state index in [1.54, 1.807) is 11.9 Å². The predicted molar refractivity (Wildman–Crippen MR) is 124 cm³/mol. The lowest BCUT2D eigenvalue weighted by molar-refractivity contribution is -0.116. The van der Waals surface area contributed by atoms with Crippen molar-refractivity contribution < 1.29 is 14.3 Å². The number of nitrogens with zero attached hydrogens (tertiary/aromatic N) is 2. The molecule has 0 spiro atoms. The van der Waals surface area contributed by atoms with E-state index in [0.717, 1.165) is 17.8 Å². The lowest BCUT2D eigenvalue weighted by Gasteiger charge is -2.27. The summed E-state index contributed by atoms with van der Waals surface area (Å²) in [4.78, 5) is 30.5. The summed E-state index contributed by atoms with van der Waals surface area (Å²) >= 11 is 0. The van der Waals surface area contributed by atoms with Crippen LogP contribution in [0.5, 0.6) is 0 Å². The van der Waals surface area contributed by atoms with E-state index in [-0.39, 0.29) is 23.8 Å². The second kappa shape index (κ2) is 11.0. The number of aliphatic imine (C=N–C) groups is 1. The second-order valence-electron chi connectivity index (χ2n) is 9.10. The molecule has 3 N–H and O–H groups in total. The molecular formula is C23H37N5O3. The molecule has 8 heteroatoms. The molecule has 1 aliphatic rings. The SMILES string of the molecule is CCNC(=NCC(C)CN(C)C(=O)OC(C)(C)C)NCC1CC(=O)Nc2ccccc21. The van der Waals surface area contributed by atoms with Crippen LogP contribution in [0.3, 0.4) is 0 Å². The average molecular weight is 432 g/mol. The summed E-state index contributed by atoms with van der Waals surface area (Å²) in [6.45, 7) is 12.1. The summed E-state index contributed by atoms with van der Waals surface area (Å²) in [7, 11) is 1.74. The van der Waals surface area contributed by atoms with E-state index in [1.807, 2.05) is 45.9 Å². The molecule has 1 aliphatic heterocycles. The molecule has 2 atom stereocenters. The lowest BCUT2D eigenvalue weighted by atomic mass is 9.90. The molecule has 31 heavy (non-hydrogen) atoms. The zero-order valence-electron chi connectivity index (χ0n) is 19.6. The van der Waals surface area contributed by atoms with Crippen LogP contribution >= 0.6 is 0 Å². The average Bonchev–Trinajstić information content (AvgIpc) is 2.68. The number of hydrogen-bond donors (Lipinski definition) is 3. The van der Waals surface area contributed by atoms with Crippen molar-refractivity contribution in [2.24, 2.45) is 10.9 Å². The number of anilines is 1. The highest BCUT2D eigenvalue weighted by molar-refractivity contribution is 5.94. The highest BCUT2D eigenvalue weighted by atomic mass is 16.6. The fourth-order valence-electron chi connectivity index (χ4n) is 3.43. The van der Waals surface area contributed by atoms with Crippen LogP contribution in [0.25, 0.3) is 0 Å². The largest absolute Gasteiger partial charge is 0.444 e. The Morgan fingerprint density at radius 1 is 1.32 bits per heavy atom. The first-order valence-electron chi connectivity index (χ1n) is 10.9. The van der Waals surface area contributed by atoms with Crippen molar-refractivity contribution in [2.75, 3.05) is 38.5 Å². The van der Waals surface area contributed by atoms with Crippen LogP contribution in [-0.2, 0) is 9.53 Å². The van der Waals surface area contributed by atoms with Gasteiger partial charge in [-0.25, -0.2) is 4.79 Å². The van der Waals surface area contributed by atoms with Gasteiger partial charge in [0.15, 0.2) is 5.96 Å². The van der Waals surface area contributed by atoms with Gasteiger partial charge >= 0.3 is 6.09 Å². The van der Waals surface area contributed by atoms with Crippen molar-refractivity contribution in [2.45, 2.75) is 52.6 Å². The topological polar surface area (TPSA) is 95.1 Å². The van der Waals surface area contributed by atoms with Gasteiger partial charge in [-0.1, -0.05) is 25.1 Å². The number of carbonyl (C=O) groups excluding carboxylic acids is 2. The number of hydrogen-bond acceptors (Lipinski definition) is 4. The van der Waals surface area contributed by atoms with E-state index >= 15 is 0 Å². The summed E-state index contributed by atoms with van der Waals surface area (Å²) in [5.41, 5.74) is 1.51. The highest BCUT2D eigenvalue weighted by Gasteiger charge is 2.25. The third kappa shape index (κ3) is 8.11. The summed E-state index contributed by atoms with van der Waals surface area (Å²) in [6, 6.07) is 7.91. The third-order valence-electron chi connectivity index (χ3n) is 4.82. The van der Waals surface area contributed by atoms with Crippen LogP contribution in [0.15, 0.2) is 29.3 Å². The van der Waals surface area contributed by atoms with Crippen LogP contribution in [0.2, 0.25) is 0 Å². The van der Waals surface area contributed by atoms with Crippen LogP contribution < -0.4 is 16.0 Å². The van der Waals surface area contributed by atoms with E-state index in [1.165, 1.54) is 0 Å². The van der Waals surface area contributed by atoms with E-state index in [2.05, 4.69) is 33.9 Å².